The zero-order valence-corrected chi connectivity index (χ0v) is 22.5. The highest BCUT2D eigenvalue weighted by atomic mass is 32.1. The van der Waals surface area contributed by atoms with Crippen molar-refractivity contribution in [1.82, 2.24) is 9.55 Å². The first-order chi connectivity index (χ1) is 18.5. The molecule has 6 nitrogen and oxygen atoms in total. The normalized spacial score (nSPS) is 26.5. The second-order valence-electron chi connectivity index (χ2n) is 11.6. The van der Waals surface area contributed by atoms with E-state index in [-0.39, 0.29) is 17.8 Å². The van der Waals surface area contributed by atoms with Gasteiger partial charge in [0.05, 0.1) is 25.4 Å². The molecule has 2 aromatic carbocycles. The summed E-state index contributed by atoms with van der Waals surface area (Å²) in [5.74, 6) is 4.27. The van der Waals surface area contributed by atoms with Gasteiger partial charge in [-0.15, -0.1) is 11.3 Å². The maximum absolute atomic E-state index is 14.0. The first-order valence-electron chi connectivity index (χ1n) is 13.6. The van der Waals surface area contributed by atoms with Crippen molar-refractivity contribution in [3.63, 3.8) is 0 Å². The number of hydrogen-bond acceptors (Lipinski definition) is 6. The second kappa shape index (κ2) is 8.09. The number of thiophene rings is 1. The van der Waals surface area contributed by atoms with E-state index in [4.69, 9.17) is 19.2 Å². The topological polar surface area (TPSA) is 62.6 Å². The van der Waals surface area contributed by atoms with Gasteiger partial charge in [0.15, 0.2) is 11.5 Å². The van der Waals surface area contributed by atoms with Crippen molar-refractivity contribution < 1.29 is 14.2 Å². The molecule has 3 aliphatic carbocycles. The maximum Gasteiger partial charge on any atom is 0.262 e. The van der Waals surface area contributed by atoms with Gasteiger partial charge in [0.2, 0.25) is 6.79 Å². The molecule has 0 unspecified atom stereocenters. The van der Waals surface area contributed by atoms with Crippen LogP contribution < -0.4 is 19.8 Å². The van der Waals surface area contributed by atoms with E-state index < -0.39 is 0 Å². The van der Waals surface area contributed by atoms with Crippen LogP contribution in [0.5, 0.6) is 17.2 Å². The van der Waals surface area contributed by atoms with E-state index in [0.29, 0.717) is 24.3 Å². The molecular formula is C31H30N2O4S. The van der Waals surface area contributed by atoms with Crippen LogP contribution in [-0.2, 0) is 24.8 Å². The van der Waals surface area contributed by atoms with E-state index in [1.54, 1.807) is 29.3 Å². The molecule has 0 radical (unpaired) electrons. The molecule has 3 heterocycles. The quantitative estimate of drug-likeness (QED) is 0.337. The molecule has 1 fully saturated rings. The van der Waals surface area contributed by atoms with Gasteiger partial charge in [0, 0.05) is 4.88 Å². The van der Waals surface area contributed by atoms with Gasteiger partial charge in [0.1, 0.15) is 10.6 Å². The Kier molecular flexibility index (Phi) is 4.82. The van der Waals surface area contributed by atoms with E-state index in [0.717, 1.165) is 52.3 Å². The van der Waals surface area contributed by atoms with Crippen LogP contribution in [0.4, 0.5) is 0 Å². The number of nitrogens with zero attached hydrogens (tertiary/aromatic N) is 2. The molecule has 4 aliphatic rings. The number of benzene rings is 2. The molecule has 4 atom stereocenters. The molecule has 0 saturated heterocycles. The van der Waals surface area contributed by atoms with E-state index in [9.17, 15) is 4.79 Å². The Labute approximate surface area is 225 Å². The molecule has 1 saturated carbocycles. The largest absolute Gasteiger partial charge is 0.497 e. The minimum absolute atomic E-state index is 0.0253. The Balaban J connectivity index is 1.16. The molecule has 8 rings (SSSR count). The highest BCUT2D eigenvalue weighted by Crippen LogP contribution is 2.62. The molecule has 2 aromatic heterocycles. The maximum atomic E-state index is 14.0. The zero-order chi connectivity index (χ0) is 25.6. The van der Waals surface area contributed by atoms with Crippen LogP contribution in [-0.4, -0.2) is 23.5 Å². The summed E-state index contributed by atoms with van der Waals surface area (Å²) in [4.78, 5) is 21.0. The first-order valence-corrected chi connectivity index (χ1v) is 14.4. The lowest BCUT2D eigenvalue weighted by Crippen LogP contribution is -2.43. The van der Waals surface area contributed by atoms with Crippen LogP contribution in [0, 0.1) is 11.8 Å². The van der Waals surface area contributed by atoms with Crippen molar-refractivity contribution >= 4 is 21.6 Å². The Bertz CT molecular complexity index is 1670. The van der Waals surface area contributed by atoms with Gasteiger partial charge >= 0.3 is 0 Å². The second-order valence-corrected chi connectivity index (χ2v) is 12.7. The van der Waals surface area contributed by atoms with Gasteiger partial charge in [-0.05, 0) is 102 Å². The molecule has 0 spiro atoms. The van der Waals surface area contributed by atoms with Crippen molar-refractivity contribution in [1.29, 1.82) is 0 Å². The third kappa shape index (κ3) is 3.11. The van der Waals surface area contributed by atoms with Gasteiger partial charge in [-0.2, -0.15) is 0 Å². The Morgan fingerprint density at radius 3 is 2.95 bits per heavy atom. The lowest BCUT2D eigenvalue weighted by atomic mass is 9.55. The standard InChI is InChI=1S/C31H30N2O4S/c1-31-10-9-21-20-7-5-19(35-2)12-18(20)4-6-22(21)23(31)13-26-28(31)27-29(38-26)32-15-33(30(27)34)14-17-3-8-24-25(11-17)37-16-36-24/h3,5,7-8,11-12,15,21-23H,4,6,9-10,13-14,16H2,1-2H3/t21-,22+,23+,31+/m0/s1. The van der Waals surface area contributed by atoms with Gasteiger partial charge in [-0.25, -0.2) is 4.98 Å². The number of hydrogen-bond donors (Lipinski definition) is 0. The predicted molar refractivity (Wildman–Crippen MR) is 147 cm³/mol. The number of ether oxygens (including phenoxy) is 3. The zero-order valence-electron chi connectivity index (χ0n) is 21.7. The van der Waals surface area contributed by atoms with Crippen LogP contribution in [0.1, 0.15) is 59.2 Å². The summed E-state index contributed by atoms with van der Waals surface area (Å²) >= 11 is 1.75. The molecule has 0 amide bonds. The van der Waals surface area contributed by atoms with Crippen LogP contribution in [0.3, 0.4) is 0 Å². The van der Waals surface area contributed by atoms with Crippen molar-refractivity contribution in [2.45, 2.75) is 56.9 Å². The number of methoxy groups -OCH3 is 1. The first kappa shape index (κ1) is 22.6. The minimum Gasteiger partial charge on any atom is -0.497 e. The number of fused-ring (bicyclic) bond motifs is 10. The third-order valence-corrected chi connectivity index (χ3v) is 11.0. The predicted octanol–water partition coefficient (Wildman–Crippen LogP) is 5.81. The van der Waals surface area contributed by atoms with Gasteiger partial charge in [0.25, 0.3) is 5.56 Å². The SMILES string of the molecule is COc1ccc2c(c1)CC[C@H]1[C@H]3Cc4sc5ncn(Cc6ccc7c(c6)OCO7)c(=O)c5c4[C@]3(C)CC[C@@H]21. The average molecular weight is 527 g/mol. The highest BCUT2D eigenvalue weighted by Gasteiger charge is 2.54. The fourth-order valence-electron chi connectivity index (χ4n) is 8.06. The average Bonchev–Trinajstić information content (AvgIpc) is 3.62. The van der Waals surface area contributed by atoms with Gasteiger partial charge in [-0.3, -0.25) is 9.36 Å². The summed E-state index contributed by atoms with van der Waals surface area (Å²) in [6, 6.07) is 12.6. The third-order valence-electron chi connectivity index (χ3n) is 9.84. The van der Waals surface area contributed by atoms with Crippen molar-refractivity contribution in [2.75, 3.05) is 13.9 Å². The van der Waals surface area contributed by atoms with E-state index >= 15 is 0 Å². The minimum atomic E-state index is 0.0253. The Morgan fingerprint density at radius 2 is 2.05 bits per heavy atom. The molecule has 38 heavy (non-hydrogen) atoms. The lowest BCUT2D eigenvalue weighted by Gasteiger charge is -2.49. The summed E-state index contributed by atoms with van der Waals surface area (Å²) in [6.45, 7) is 3.15. The monoisotopic (exact) mass is 526 g/mol. The summed E-state index contributed by atoms with van der Waals surface area (Å²) in [7, 11) is 1.75. The van der Waals surface area contributed by atoms with Crippen molar-refractivity contribution in [3.8, 4) is 17.2 Å². The van der Waals surface area contributed by atoms with E-state index in [1.165, 1.54) is 34.4 Å². The van der Waals surface area contributed by atoms with Crippen LogP contribution in [0.15, 0.2) is 47.5 Å². The molecule has 0 N–H and O–H groups in total. The Hall–Kier alpha value is -3.32. The molecule has 4 aromatic rings. The number of rotatable bonds is 3. The number of aryl methyl sites for hydroxylation is 1. The summed E-state index contributed by atoms with van der Waals surface area (Å²) in [6.07, 6.45) is 7.38. The van der Waals surface area contributed by atoms with Crippen LogP contribution >= 0.6 is 11.3 Å². The highest BCUT2D eigenvalue weighted by molar-refractivity contribution is 7.18. The van der Waals surface area contributed by atoms with Crippen LogP contribution in [0.25, 0.3) is 10.2 Å². The summed E-state index contributed by atoms with van der Waals surface area (Å²) in [5, 5.41) is 0.859. The van der Waals surface area contributed by atoms with Gasteiger partial charge in [-0.1, -0.05) is 19.1 Å². The van der Waals surface area contributed by atoms with Crippen LogP contribution in [0.2, 0.25) is 0 Å². The molecular weight excluding hydrogens is 496 g/mol. The molecule has 0 bridgehead atoms. The van der Waals surface area contributed by atoms with E-state index in [2.05, 4.69) is 25.1 Å². The molecule has 194 valence electrons. The fourth-order valence-corrected chi connectivity index (χ4v) is 9.39. The summed E-state index contributed by atoms with van der Waals surface area (Å²) in [5.41, 5.74) is 5.40. The summed E-state index contributed by atoms with van der Waals surface area (Å²) < 4.78 is 18.3. The smallest absolute Gasteiger partial charge is 0.262 e. The van der Waals surface area contributed by atoms with Crippen molar-refractivity contribution in [3.05, 3.63) is 80.2 Å². The molecule has 7 heteroatoms. The van der Waals surface area contributed by atoms with E-state index in [1.807, 2.05) is 18.2 Å². The molecule has 1 aliphatic heterocycles. The number of aromatic nitrogens is 2. The van der Waals surface area contributed by atoms with Gasteiger partial charge < -0.3 is 14.2 Å². The lowest BCUT2D eigenvalue weighted by molar-refractivity contribution is 0.106. The van der Waals surface area contributed by atoms with Crippen molar-refractivity contribution in [2.24, 2.45) is 11.8 Å². The Morgan fingerprint density at radius 1 is 1.16 bits per heavy atom. The fraction of sp³-hybridized carbons (Fsp3) is 0.419.